The summed E-state index contributed by atoms with van der Waals surface area (Å²) in [4.78, 5) is 0. The number of nitrogens with one attached hydrogen (secondary N) is 1. The molecule has 3 heterocycles. The maximum absolute atomic E-state index is 9.61. The molecule has 1 aromatic carbocycles. The first-order valence-electron chi connectivity index (χ1n) is 7.45. The van der Waals surface area contributed by atoms with Gasteiger partial charge in [0.2, 0.25) is 11.8 Å². The van der Waals surface area contributed by atoms with Crippen LogP contribution in [0.1, 0.15) is 22.6 Å². The average Bonchev–Trinajstić information content (AvgIpc) is 3.23. The van der Waals surface area contributed by atoms with Gasteiger partial charge >= 0.3 is 0 Å². The summed E-state index contributed by atoms with van der Waals surface area (Å²) in [6.45, 7) is 2.01. The summed E-state index contributed by atoms with van der Waals surface area (Å²) in [5, 5.41) is 16.7. The zero-order chi connectivity index (χ0) is 16.7. The van der Waals surface area contributed by atoms with Gasteiger partial charge in [0.05, 0.1) is 17.7 Å². The largest absolute Gasteiger partial charge is 0.463 e. The number of benzene rings is 1. The second-order valence-electron chi connectivity index (χ2n) is 5.63. The van der Waals surface area contributed by atoms with E-state index in [4.69, 9.17) is 14.9 Å². The SMILES string of the molecule is Cc1ccc([C@@H]2C(C#N)=C(N)Oc3n[nH]c(-c4ccco4)c32)cc1. The first kappa shape index (κ1) is 14.2. The van der Waals surface area contributed by atoms with E-state index in [1.807, 2.05) is 37.3 Å². The Kier molecular flexibility index (Phi) is 3.14. The smallest absolute Gasteiger partial charge is 0.244 e. The first-order chi connectivity index (χ1) is 11.7. The Hall–Kier alpha value is -3.46. The van der Waals surface area contributed by atoms with Crippen molar-refractivity contribution in [1.29, 1.82) is 5.26 Å². The summed E-state index contributed by atoms with van der Waals surface area (Å²) in [6, 6.07) is 13.8. The molecule has 2 aromatic heterocycles. The van der Waals surface area contributed by atoms with Crippen molar-refractivity contribution in [2.45, 2.75) is 12.8 Å². The Labute approximate surface area is 138 Å². The summed E-state index contributed by atoms with van der Waals surface area (Å²) >= 11 is 0. The Morgan fingerprint density at radius 2 is 2.04 bits per heavy atom. The van der Waals surface area contributed by atoms with Gasteiger partial charge in [-0.05, 0) is 24.6 Å². The standard InChI is InChI=1S/C18H14N4O2/c1-10-4-6-11(7-5-10)14-12(9-19)17(20)24-18-15(14)16(21-22-18)13-3-2-8-23-13/h2-8,14H,20H2,1H3,(H,21,22)/t14-/m1/s1. The molecule has 0 radical (unpaired) electrons. The minimum atomic E-state index is -0.363. The number of ether oxygens (including phenoxy) is 1. The molecule has 3 N–H and O–H groups in total. The van der Waals surface area contributed by atoms with Crippen LogP contribution in [0.5, 0.6) is 5.88 Å². The van der Waals surface area contributed by atoms with Crippen molar-refractivity contribution < 1.29 is 9.15 Å². The van der Waals surface area contributed by atoms with Crippen LogP contribution in [0.25, 0.3) is 11.5 Å². The van der Waals surface area contributed by atoms with Gasteiger partial charge in [0, 0.05) is 0 Å². The molecule has 118 valence electrons. The van der Waals surface area contributed by atoms with Gasteiger partial charge in [-0.15, -0.1) is 5.10 Å². The zero-order valence-corrected chi connectivity index (χ0v) is 12.9. The van der Waals surface area contributed by atoms with E-state index in [0.29, 0.717) is 22.9 Å². The molecule has 0 aliphatic carbocycles. The van der Waals surface area contributed by atoms with Gasteiger partial charge < -0.3 is 14.9 Å². The fourth-order valence-corrected chi connectivity index (χ4v) is 2.95. The first-order valence-corrected chi connectivity index (χ1v) is 7.45. The highest BCUT2D eigenvalue weighted by molar-refractivity contribution is 5.67. The van der Waals surface area contributed by atoms with E-state index in [2.05, 4.69) is 16.3 Å². The molecule has 1 atom stereocenters. The molecule has 24 heavy (non-hydrogen) atoms. The lowest BCUT2D eigenvalue weighted by molar-refractivity contribution is 0.379. The molecule has 0 saturated heterocycles. The van der Waals surface area contributed by atoms with Gasteiger partial charge in [-0.25, -0.2) is 0 Å². The molecule has 0 spiro atoms. The Balaban J connectivity index is 1.95. The molecule has 4 rings (SSSR count). The minimum absolute atomic E-state index is 0.0769. The molecule has 3 aromatic rings. The van der Waals surface area contributed by atoms with Crippen LogP contribution >= 0.6 is 0 Å². The highest BCUT2D eigenvalue weighted by atomic mass is 16.5. The van der Waals surface area contributed by atoms with E-state index in [9.17, 15) is 5.26 Å². The summed E-state index contributed by atoms with van der Waals surface area (Å²) in [5.74, 6) is 0.706. The van der Waals surface area contributed by atoms with Crippen molar-refractivity contribution in [3.05, 3.63) is 70.8 Å². The second kappa shape index (κ2) is 5.32. The van der Waals surface area contributed by atoms with Crippen molar-refractivity contribution >= 4 is 0 Å². The van der Waals surface area contributed by atoms with Crippen LogP contribution in [0.4, 0.5) is 0 Å². The van der Waals surface area contributed by atoms with Gasteiger partial charge in [-0.3, -0.25) is 5.10 Å². The maximum Gasteiger partial charge on any atom is 0.244 e. The zero-order valence-electron chi connectivity index (χ0n) is 12.9. The summed E-state index contributed by atoms with van der Waals surface area (Å²) in [5.41, 5.74) is 9.82. The van der Waals surface area contributed by atoms with Crippen LogP contribution in [-0.2, 0) is 0 Å². The lowest BCUT2D eigenvalue weighted by atomic mass is 9.83. The van der Waals surface area contributed by atoms with Crippen LogP contribution in [0.2, 0.25) is 0 Å². The Morgan fingerprint density at radius 1 is 1.25 bits per heavy atom. The number of hydrogen-bond donors (Lipinski definition) is 2. The minimum Gasteiger partial charge on any atom is -0.463 e. The molecule has 1 aliphatic rings. The molecule has 6 heteroatoms. The molecule has 0 amide bonds. The molecule has 0 bridgehead atoms. The number of fused-ring (bicyclic) bond motifs is 1. The van der Waals surface area contributed by atoms with Crippen molar-refractivity contribution in [2.24, 2.45) is 5.73 Å². The summed E-state index contributed by atoms with van der Waals surface area (Å²) < 4.78 is 11.0. The average molecular weight is 318 g/mol. The maximum atomic E-state index is 9.61. The summed E-state index contributed by atoms with van der Waals surface area (Å²) in [7, 11) is 0. The molecule has 6 nitrogen and oxygen atoms in total. The predicted molar refractivity (Wildman–Crippen MR) is 86.8 cm³/mol. The highest BCUT2D eigenvalue weighted by Crippen LogP contribution is 2.45. The lowest BCUT2D eigenvalue weighted by Crippen LogP contribution is -2.20. The number of nitriles is 1. The van der Waals surface area contributed by atoms with Gasteiger partial charge in [0.15, 0.2) is 5.76 Å². The van der Waals surface area contributed by atoms with Crippen LogP contribution in [0.15, 0.2) is 58.5 Å². The number of aromatic amines is 1. The molecule has 0 unspecified atom stereocenters. The van der Waals surface area contributed by atoms with E-state index in [0.717, 1.165) is 16.7 Å². The molecule has 0 saturated carbocycles. The lowest BCUT2D eigenvalue weighted by Gasteiger charge is -2.23. The van der Waals surface area contributed by atoms with Crippen molar-refractivity contribution in [1.82, 2.24) is 10.2 Å². The predicted octanol–water partition coefficient (Wildman–Crippen LogP) is 3.20. The van der Waals surface area contributed by atoms with Gasteiger partial charge in [0.25, 0.3) is 0 Å². The topological polar surface area (TPSA) is 101 Å². The summed E-state index contributed by atoms with van der Waals surface area (Å²) in [6.07, 6.45) is 1.59. The Morgan fingerprint density at radius 3 is 2.71 bits per heavy atom. The third-order valence-corrected chi connectivity index (χ3v) is 4.12. The number of aryl methyl sites for hydroxylation is 1. The third-order valence-electron chi connectivity index (χ3n) is 4.12. The van der Waals surface area contributed by atoms with Crippen molar-refractivity contribution in [2.75, 3.05) is 0 Å². The number of nitrogens with two attached hydrogens (primary N) is 1. The third kappa shape index (κ3) is 2.07. The molecular weight excluding hydrogens is 304 g/mol. The number of rotatable bonds is 2. The number of nitrogens with zero attached hydrogens (tertiary/aromatic N) is 2. The number of hydrogen-bond acceptors (Lipinski definition) is 5. The molecular formula is C18H14N4O2. The van der Waals surface area contributed by atoms with Crippen LogP contribution in [-0.4, -0.2) is 10.2 Å². The number of furan rings is 1. The Bertz CT molecular complexity index is 960. The fraction of sp³-hybridized carbons (Fsp3) is 0.111. The van der Waals surface area contributed by atoms with Crippen LogP contribution < -0.4 is 10.5 Å². The quantitative estimate of drug-likeness (QED) is 0.755. The second-order valence-corrected chi connectivity index (χ2v) is 5.63. The van der Waals surface area contributed by atoms with E-state index in [1.54, 1.807) is 12.3 Å². The van der Waals surface area contributed by atoms with Crippen LogP contribution in [0, 0.1) is 18.3 Å². The fourth-order valence-electron chi connectivity index (χ4n) is 2.95. The van der Waals surface area contributed by atoms with E-state index in [-0.39, 0.29) is 11.8 Å². The number of aromatic nitrogens is 2. The van der Waals surface area contributed by atoms with E-state index in [1.165, 1.54) is 0 Å². The highest BCUT2D eigenvalue weighted by Gasteiger charge is 2.36. The molecule has 0 fully saturated rings. The number of allylic oxidation sites excluding steroid dienone is 1. The van der Waals surface area contributed by atoms with Gasteiger partial charge in [-0.2, -0.15) is 5.26 Å². The van der Waals surface area contributed by atoms with Crippen molar-refractivity contribution in [3.8, 4) is 23.4 Å². The molecule has 1 aliphatic heterocycles. The van der Waals surface area contributed by atoms with Crippen molar-refractivity contribution in [3.63, 3.8) is 0 Å². The van der Waals surface area contributed by atoms with E-state index >= 15 is 0 Å². The van der Waals surface area contributed by atoms with Crippen LogP contribution in [0.3, 0.4) is 0 Å². The number of H-pyrrole nitrogens is 1. The van der Waals surface area contributed by atoms with Gasteiger partial charge in [0.1, 0.15) is 17.3 Å². The normalized spacial score (nSPS) is 16.4. The van der Waals surface area contributed by atoms with E-state index < -0.39 is 0 Å². The monoisotopic (exact) mass is 318 g/mol. The van der Waals surface area contributed by atoms with Gasteiger partial charge in [-0.1, -0.05) is 29.8 Å².